The number of halogens is 1. The van der Waals surface area contributed by atoms with Gasteiger partial charge in [-0.2, -0.15) is 0 Å². The molecule has 5 heteroatoms. The van der Waals surface area contributed by atoms with Crippen molar-refractivity contribution in [1.29, 1.82) is 0 Å². The summed E-state index contributed by atoms with van der Waals surface area (Å²) in [5.41, 5.74) is 6.68. The number of nitrogens with zero attached hydrogens (tertiary/aromatic N) is 1. The molecule has 20 heavy (non-hydrogen) atoms. The summed E-state index contributed by atoms with van der Waals surface area (Å²) in [6.45, 7) is 1.55. The standard InChI is InChI=1S/C15H15FN2O2/c1-9-6-10(17)7-13(14(9)16)15(20)18(2)11-4-3-5-12(19)8-11/h3-8,19H,17H2,1-2H3. The molecule has 1 amide bonds. The maximum Gasteiger partial charge on any atom is 0.261 e. The van der Waals surface area contributed by atoms with Crippen molar-refractivity contribution in [3.8, 4) is 5.75 Å². The van der Waals surface area contributed by atoms with Gasteiger partial charge in [0.25, 0.3) is 5.91 Å². The number of hydrogen-bond donors (Lipinski definition) is 2. The summed E-state index contributed by atoms with van der Waals surface area (Å²) in [5.74, 6) is -1.08. The Bertz CT molecular complexity index is 671. The van der Waals surface area contributed by atoms with Crippen molar-refractivity contribution >= 4 is 17.3 Å². The van der Waals surface area contributed by atoms with Crippen molar-refractivity contribution in [3.05, 3.63) is 53.3 Å². The molecule has 2 aromatic carbocycles. The lowest BCUT2D eigenvalue weighted by Crippen LogP contribution is -2.27. The number of aromatic hydroxyl groups is 1. The first kappa shape index (κ1) is 13.9. The van der Waals surface area contributed by atoms with E-state index in [9.17, 15) is 14.3 Å². The lowest BCUT2D eigenvalue weighted by molar-refractivity contribution is 0.0989. The van der Waals surface area contributed by atoms with Crippen molar-refractivity contribution in [2.24, 2.45) is 0 Å². The lowest BCUT2D eigenvalue weighted by Gasteiger charge is -2.18. The highest BCUT2D eigenvalue weighted by molar-refractivity contribution is 6.06. The summed E-state index contributed by atoms with van der Waals surface area (Å²) >= 11 is 0. The first-order valence-electron chi connectivity index (χ1n) is 6.03. The fraction of sp³-hybridized carbons (Fsp3) is 0.133. The molecule has 0 heterocycles. The smallest absolute Gasteiger partial charge is 0.261 e. The Morgan fingerprint density at radius 3 is 2.65 bits per heavy atom. The van der Waals surface area contributed by atoms with E-state index < -0.39 is 11.7 Å². The third kappa shape index (κ3) is 2.56. The van der Waals surface area contributed by atoms with Crippen LogP contribution in [-0.4, -0.2) is 18.1 Å². The van der Waals surface area contributed by atoms with E-state index in [1.807, 2.05) is 0 Å². The number of phenolic OH excluding ortho intramolecular Hbond substituents is 1. The molecule has 2 rings (SSSR count). The van der Waals surface area contributed by atoms with E-state index in [-0.39, 0.29) is 11.3 Å². The van der Waals surface area contributed by atoms with Crippen LogP contribution in [0.25, 0.3) is 0 Å². The summed E-state index contributed by atoms with van der Waals surface area (Å²) < 4.78 is 14.0. The minimum Gasteiger partial charge on any atom is -0.508 e. The molecule has 0 unspecified atom stereocenters. The molecule has 2 aromatic rings. The molecule has 0 radical (unpaired) electrons. The quantitative estimate of drug-likeness (QED) is 0.827. The van der Waals surface area contributed by atoms with Gasteiger partial charge in [0.05, 0.1) is 5.56 Å². The van der Waals surface area contributed by atoms with Gasteiger partial charge in [0.15, 0.2) is 0 Å². The van der Waals surface area contributed by atoms with E-state index in [2.05, 4.69) is 0 Å². The van der Waals surface area contributed by atoms with Crippen LogP contribution in [0.5, 0.6) is 5.75 Å². The molecule has 0 saturated carbocycles. The van der Waals surface area contributed by atoms with Gasteiger partial charge >= 0.3 is 0 Å². The Morgan fingerprint density at radius 1 is 1.30 bits per heavy atom. The van der Waals surface area contributed by atoms with Gasteiger partial charge in [0.1, 0.15) is 11.6 Å². The van der Waals surface area contributed by atoms with Gasteiger partial charge in [-0.15, -0.1) is 0 Å². The molecule has 0 aromatic heterocycles. The monoisotopic (exact) mass is 274 g/mol. The average Bonchev–Trinajstić information content (AvgIpc) is 2.41. The first-order chi connectivity index (χ1) is 9.40. The molecule has 0 fully saturated rings. The number of anilines is 2. The summed E-state index contributed by atoms with van der Waals surface area (Å²) in [6.07, 6.45) is 0. The van der Waals surface area contributed by atoms with Crippen LogP contribution in [0.15, 0.2) is 36.4 Å². The highest BCUT2D eigenvalue weighted by atomic mass is 19.1. The molecule has 104 valence electrons. The van der Waals surface area contributed by atoms with Crippen LogP contribution in [0.4, 0.5) is 15.8 Å². The minimum atomic E-state index is -0.587. The zero-order valence-corrected chi connectivity index (χ0v) is 11.2. The number of carbonyl (C=O) groups excluding carboxylic acids is 1. The molecule has 0 spiro atoms. The molecular formula is C15H15FN2O2. The maximum absolute atomic E-state index is 14.0. The Balaban J connectivity index is 2.41. The number of rotatable bonds is 2. The summed E-state index contributed by atoms with van der Waals surface area (Å²) in [7, 11) is 1.51. The average molecular weight is 274 g/mol. The molecule has 0 aliphatic rings. The molecule has 3 N–H and O–H groups in total. The number of amides is 1. The van der Waals surface area contributed by atoms with Crippen LogP contribution in [0, 0.1) is 12.7 Å². The van der Waals surface area contributed by atoms with Crippen LogP contribution in [-0.2, 0) is 0 Å². The number of benzene rings is 2. The molecule has 0 saturated heterocycles. The van der Waals surface area contributed by atoms with E-state index in [0.717, 1.165) is 0 Å². The van der Waals surface area contributed by atoms with Gasteiger partial charge < -0.3 is 15.7 Å². The Hall–Kier alpha value is -2.56. The van der Waals surface area contributed by atoms with Crippen LogP contribution >= 0.6 is 0 Å². The van der Waals surface area contributed by atoms with Crippen molar-refractivity contribution in [2.75, 3.05) is 17.7 Å². The van der Waals surface area contributed by atoms with Gasteiger partial charge in [-0.3, -0.25) is 4.79 Å². The summed E-state index contributed by atoms with van der Waals surface area (Å²) in [5, 5.41) is 9.43. The van der Waals surface area contributed by atoms with Gasteiger partial charge in [0, 0.05) is 24.5 Å². The Morgan fingerprint density at radius 2 is 2.00 bits per heavy atom. The van der Waals surface area contributed by atoms with Gasteiger partial charge in [-0.25, -0.2) is 4.39 Å². The normalized spacial score (nSPS) is 10.3. The molecular weight excluding hydrogens is 259 g/mol. The Labute approximate surface area is 116 Å². The number of nitrogens with two attached hydrogens (primary N) is 1. The van der Waals surface area contributed by atoms with Crippen molar-refractivity contribution < 1.29 is 14.3 Å². The zero-order chi connectivity index (χ0) is 14.9. The van der Waals surface area contributed by atoms with Gasteiger partial charge in [-0.05, 0) is 36.8 Å². The van der Waals surface area contributed by atoms with E-state index in [1.54, 1.807) is 19.1 Å². The second kappa shape index (κ2) is 5.21. The third-order valence-corrected chi connectivity index (χ3v) is 3.03. The molecule has 0 aliphatic heterocycles. The lowest BCUT2D eigenvalue weighted by atomic mass is 10.1. The summed E-state index contributed by atoms with van der Waals surface area (Å²) in [6, 6.07) is 8.95. The Kier molecular flexibility index (Phi) is 3.61. The van der Waals surface area contributed by atoms with Crippen molar-refractivity contribution in [1.82, 2.24) is 0 Å². The number of hydrogen-bond acceptors (Lipinski definition) is 3. The zero-order valence-electron chi connectivity index (χ0n) is 11.2. The maximum atomic E-state index is 14.0. The SMILES string of the molecule is Cc1cc(N)cc(C(=O)N(C)c2cccc(O)c2)c1F. The van der Waals surface area contributed by atoms with Crippen molar-refractivity contribution in [2.45, 2.75) is 6.92 Å². The predicted molar refractivity (Wildman–Crippen MR) is 76.4 cm³/mol. The van der Waals surface area contributed by atoms with Gasteiger partial charge in [-0.1, -0.05) is 6.07 Å². The van der Waals surface area contributed by atoms with E-state index in [0.29, 0.717) is 16.9 Å². The number of nitrogen functional groups attached to an aromatic ring is 1. The van der Waals surface area contributed by atoms with Crippen molar-refractivity contribution in [3.63, 3.8) is 0 Å². The van der Waals surface area contributed by atoms with E-state index >= 15 is 0 Å². The molecule has 0 atom stereocenters. The van der Waals surface area contributed by atoms with E-state index in [1.165, 1.54) is 36.2 Å². The number of carbonyl (C=O) groups is 1. The third-order valence-electron chi connectivity index (χ3n) is 3.03. The first-order valence-corrected chi connectivity index (χ1v) is 6.03. The predicted octanol–water partition coefficient (Wildman–Crippen LogP) is 2.70. The number of phenols is 1. The highest BCUT2D eigenvalue weighted by Crippen LogP contribution is 2.23. The second-order valence-corrected chi connectivity index (χ2v) is 4.58. The molecule has 0 bridgehead atoms. The number of aryl methyl sites for hydroxylation is 1. The second-order valence-electron chi connectivity index (χ2n) is 4.58. The fourth-order valence-electron chi connectivity index (χ4n) is 1.95. The van der Waals surface area contributed by atoms with Crippen LogP contribution in [0.3, 0.4) is 0 Å². The topological polar surface area (TPSA) is 66.6 Å². The van der Waals surface area contributed by atoms with Crippen LogP contribution in [0.1, 0.15) is 15.9 Å². The largest absolute Gasteiger partial charge is 0.508 e. The molecule has 4 nitrogen and oxygen atoms in total. The van der Waals surface area contributed by atoms with Crippen LogP contribution in [0.2, 0.25) is 0 Å². The summed E-state index contributed by atoms with van der Waals surface area (Å²) in [4.78, 5) is 13.6. The minimum absolute atomic E-state index is 0.0337. The molecule has 0 aliphatic carbocycles. The highest BCUT2D eigenvalue weighted by Gasteiger charge is 2.19. The van der Waals surface area contributed by atoms with E-state index in [4.69, 9.17) is 5.73 Å². The van der Waals surface area contributed by atoms with Crippen LogP contribution < -0.4 is 10.6 Å². The van der Waals surface area contributed by atoms with Gasteiger partial charge in [0.2, 0.25) is 0 Å². The fourth-order valence-corrected chi connectivity index (χ4v) is 1.95.